The first-order valence-corrected chi connectivity index (χ1v) is 9.98. The van der Waals surface area contributed by atoms with Crippen LogP contribution in [0.3, 0.4) is 0 Å². The maximum Gasteiger partial charge on any atom is 0.276 e. The molecule has 1 saturated heterocycles. The second-order valence-electron chi connectivity index (χ2n) is 7.17. The maximum absolute atomic E-state index is 12.5. The van der Waals surface area contributed by atoms with Gasteiger partial charge in [0, 0.05) is 30.2 Å². The zero-order chi connectivity index (χ0) is 20.8. The first kappa shape index (κ1) is 19.4. The zero-order valence-corrected chi connectivity index (χ0v) is 16.5. The van der Waals surface area contributed by atoms with Crippen molar-refractivity contribution in [3.8, 4) is 6.07 Å². The summed E-state index contributed by atoms with van der Waals surface area (Å²) in [5.41, 5.74) is 3.41. The van der Waals surface area contributed by atoms with E-state index in [1.165, 1.54) is 24.9 Å². The number of anilines is 4. The number of aromatic nitrogens is 2. The van der Waals surface area contributed by atoms with Crippen LogP contribution >= 0.6 is 0 Å². The molecule has 1 aliphatic heterocycles. The van der Waals surface area contributed by atoms with Crippen LogP contribution in [0.1, 0.15) is 35.3 Å². The predicted molar refractivity (Wildman–Crippen MR) is 117 cm³/mol. The second kappa shape index (κ2) is 9.05. The lowest BCUT2D eigenvalue weighted by atomic mass is 10.1. The van der Waals surface area contributed by atoms with Gasteiger partial charge in [0.05, 0.1) is 11.6 Å². The van der Waals surface area contributed by atoms with Gasteiger partial charge in [-0.25, -0.2) is 0 Å². The number of nitrogens with one attached hydrogen (secondary N) is 2. The van der Waals surface area contributed by atoms with Gasteiger partial charge in [-0.2, -0.15) is 5.26 Å². The molecule has 30 heavy (non-hydrogen) atoms. The topological polar surface area (TPSA) is 93.9 Å². The zero-order valence-electron chi connectivity index (χ0n) is 16.5. The van der Waals surface area contributed by atoms with Crippen LogP contribution in [0.4, 0.5) is 22.9 Å². The molecule has 2 heterocycles. The summed E-state index contributed by atoms with van der Waals surface area (Å²) in [7, 11) is 0. The van der Waals surface area contributed by atoms with Gasteiger partial charge in [0.2, 0.25) is 0 Å². The first-order chi connectivity index (χ1) is 14.7. The van der Waals surface area contributed by atoms with E-state index >= 15 is 0 Å². The highest BCUT2D eigenvalue weighted by Crippen LogP contribution is 2.22. The SMILES string of the molecule is N#Cc1cccc(Nc2ccc(C(=O)Nc3ccc(N4CCCCC4)cc3)nn2)c1. The van der Waals surface area contributed by atoms with E-state index in [-0.39, 0.29) is 11.6 Å². The Balaban J connectivity index is 1.37. The summed E-state index contributed by atoms with van der Waals surface area (Å²) >= 11 is 0. The van der Waals surface area contributed by atoms with Gasteiger partial charge < -0.3 is 15.5 Å². The lowest BCUT2D eigenvalue weighted by Gasteiger charge is -2.28. The van der Waals surface area contributed by atoms with E-state index in [9.17, 15) is 4.79 Å². The standard InChI is InChI=1S/C23H22N6O/c24-16-17-5-4-6-19(15-17)25-22-12-11-21(27-28-22)23(30)26-18-7-9-20(10-8-18)29-13-2-1-3-14-29/h4-12,15H,1-3,13-14H2,(H,25,28)(H,26,30). The van der Waals surface area contributed by atoms with Crippen molar-refractivity contribution in [2.45, 2.75) is 19.3 Å². The molecule has 1 fully saturated rings. The van der Waals surface area contributed by atoms with Crippen LogP contribution in [0.25, 0.3) is 0 Å². The molecule has 7 nitrogen and oxygen atoms in total. The van der Waals surface area contributed by atoms with Crippen LogP contribution in [0, 0.1) is 11.3 Å². The van der Waals surface area contributed by atoms with Crippen LogP contribution < -0.4 is 15.5 Å². The van der Waals surface area contributed by atoms with E-state index in [1.54, 1.807) is 30.3 Å². The molecule has 150 valence electrons. The van der Waals surface area contributed by atoms with E-state index in [0.29, 0.717) is 11.4 Å². The molecule has 1 amide bonds. The van der Waals surface area contributed by atoms with Crippen molar-refractivity contribution in [1.29, 1.82) is 5.26 Å². The number of rotatable bonds is 5. The average Bonchev–Trinajstić information content (AvgIpc) is 2.81. The third-order valence-electron chi connectivity index (χ3n) is 5.01. The number of nitrogens with zero attached hydrogens (tertiary/aromatic N) is 4. The molecule has 7 heteroatoms. The Labute approximate surface area is 175 Å². The highest BCUT2D eigenvalue weighted by molar-refractivity contribution is 6.02. The fraction of sp³-hybridized carbons (Fsp3) is 0.217. The van der Waals surface area contributed by atoms with E-state index in [0.717, 1.165) is 24.5 Å². The van der Waals surface area contributed by atoms with Crippen LogP contribution in [-0.4, -0.2) is 29.2 Å². The molecule has 0 aliphatic carbocycles. The molecule has 3 aromatic rings. The van der Waals surface area contributed by atoms with Gasteiger partial charge >= 0.3 is 0 Å². The van der Waals surface area contributed by atoms with Crippen molar-refractivity contribution >= 4 is 28.8 Å². The molecule has 0 saturated carbocycles. The second-order valence-corrected chi connectivity index (χ2v) is 7.17. The fourth-order valence-electron chi connectivity index (χ4n) is 3.44. The number of benzene rings is 2. The quantitative estimate of drug-likeness (QED) is 0.664. The summed E-state index contributed by atoms with van der Waals surface area (Å²) < 4.78 is 0. The molecule has 1 aromatic heterocycles. The lowest BCUT2D eigenvalue weighted by molar-refractivity contribution is 0.102. The molecule has 0 radical (unpaired) electrons. The first-order valence-electron chi connectivity index (χ1n) is 9.98. The third kappa shape index (κ3) is 4.73. The number of hydrogen-bond donors (Lipinski definition) is 2. The summed E-state index contributed by atoms with van der Waals surface area (Å²) in [6, 6.07) is 20.3. The Morgan fingerprint density at radius 1 is 0.933 bits per heavy atom. The van der Waals surface area contributed by atoms with Gasteiger partial charge in [-0.1, -0.05) is 6.07 Å². The minimum absolute atomic E-state index is 0.228. The molecule has 0 unspecified atom stereocenters. The summed E-state index contributed by atoms with van der Waals surface area (Å²) in [5, 5.41) is 23.0. The fourth-order valence-corrected chi connectivity index (χ4v) is 3.44. The van der Waals surface area contributed by atoms with Crippen LogP contribution in [0.2, 0.25) is 0 Å². The maximum atomic E-state index is 12.5. The normalized spacial score (nSPS) is 13.4. The largest absolute Gasteiger partial charge is 0.372 e. The molecular formula is C23H22N6O. The summed E-state index contributed by atoms with van der Waals surface area (Å²) in [5.74, 6) is 0.179. The van der Waals surface area contributed by atoms with Gasteiger partial charge in [0.1, 0.15) is 0 Å². The smallest absolute Gasteiger partial charge is 0.276 e. The predicted octanol–water partition coefficient (Wildman–Crippen LogP) is 4.33. The van der Waals surface area contributed by atoms with Crippen molar-refractivity contribution in [3.63, 3.8) is 0 Å². The van der Waals surface area contributed by atoms with Crippen molar-refractivity contribution in [2.75, 3.05) is 28.6 Å². The van der Waals surface area contributed by atoms with Crippen molar-refractivity contribution < 1.29 is 4.79 Å². The van der Waals surface area contributed by atoms with Crippen molar-refractivity contribution in [2.24, 2.45) is 0 Å². The Morgan fingerprint density at radius 2 is 1.73 bits per heavy atom. The van der Waals surface area contributed by atoms with E-state index < -0.39 is 0 Å². The van der Waals surface area contributed by atoms with E-state index in [4.69, 9.17) is 5.26 Å². The minimum Gasteiger partial charge on any atom is -0.372 e. The highest BCUT2D eigenvalue weighted by atomic mass is 16.1. The molecule has 0 atom stereocenters. The van der Waals surface area contributed by atoms with E-state index in [2.05, 4.69) is 31.8 Å². The molecule has 4 rings (SSSR count). The number of piperidine rings is 1. The Morgan fingerprint density at radius 3 is 2.43 bits per heavy atom. The number of hydrogen-bond acceptors (Lipinski definition) is 6. The number of amides is 1. The van der Waals surface area contributed by atoms with Gasteiger partial charge in [0.15, 0.2) is 11.5 Å². The summed E-state index contributed by atoms with van der Waals surface area (Å²) in [6.45, 7) is 2.17. The number of nitriles is 1. The van der Waals surface area contributed by atoms with Gasteiger partial charge in [0.25, 0.3) is 5.91 Å². The van der Waals surface area contributed by atoms with E-state index in [1.807, 2.05) is 30.3 Å². The van der Waals surface area contributed by atoms with Crippen LogP contribution in [0.5, 0.6) is 0 Å². The van der Waals surface area contributed by atoms with Crippen LogP contribution in [-0.2, 0) is 0 Å². The summed E-state index contributed by atoms with van der Waals surface area (Å²) in [6.07, 6.45) is 3.75. The highest BCUT2D eigenvalue weighted by Gasteiger charge is 2.12. The third-order valence-corrected chi connectivity index (χ3v) is 5.01. The summed E-state index contributed by atoms with van der Waals surface area (Å²) in [4.78, 5) is 14.8. The molecule has 2 aromatic carbocycles. The Hall–Kier alpha value is -3.92. The molecular weight excluding hydrogens is 376 g/mol. The number of carbonyl (C=O) groups excluding carboxylic acids is 1. The molecule has 2 N–H and O–H groups in total. The Bertz CT molecular complexity index is 1050. The lowest BCUT2D eigenvalue weighted by Crippen LogP contribution is -2.29. The molecule has 0 bridgehead atoms. The average molecular weight is 398 g/mol. The van der Waals surface area contributed by atoms with Crippen LogP contribution in [0.15, 0.2) is 60.7 Å². The Kier molecular flexibility index (Phi) is 5.85. The van der Waals surface area contributed by atoms with Crippen molar-refractivity contribution in [3.05, 3.63) is 71.9 Å². The monoisotopic (exact) mass is 398 g/mol. The number of carbonyl (C=O) groups is 1. The van der Waals surface area contributed by atoms with Crippen molar-refractivity contribution in [1.82, 2.24) is 10.2 Å². The van der Waals surface area contributed by atoms with Gasteiger partial charge in [-0.05, 0) is 73.9 Å². The van der Waals surface area contributed by atoms with Gasteiger partial charge in [-0.15, -0.1) is 10.2 Å². The molecule has 0 spiro atoms. The molecule has 1 aliphatic rings. The minimum atomic E-state index is -0.314. The van der Waals surface area contributed by atoms with Gasteiger partial charge in [-0.3, -0.25) is 4.79 Å².